The van der Waals surface area contributed by atoms with E-state index in [1.165, 1.54) is 11.8 Å². The minimum Gasteiger partial charge on any atom is -0.480 e. The van der Waals surface area contributed by atoms with Gasteiger partial charge in [0, 0.05) is 17.1 Å². The first-order valence-corrected chi connectivity index (χ1v) is 14.4. The largest absolute Gasteiger partial charge is 0.480 e. The van der Waals surface area contributed by atoms with Gasteiger partial charge in [-0.2, -0.15) is 11.8 Å². The van der Waals surface area contributed by atoms with Crippen molar-refractivity contribution in [2.45, 2.75) is 62.7 Å². The smallest absolute Gasteiger partial charge is 0.326 e. The number of aliphatic carboxylic acids is 1. The van der Waals surface area contributed by atoms with Crippen LogP contribution in [0.3, 0.4) is 0 Å². The number of thioether (sulfide) groups is 1. The van der Waals surface area contributed by atoms with E-state index < -0.39 is 60.2 Å². The molecule has 0 spiro atoms. The first-order chi connectivity index (χ1) is 19.1. The van der Waals surface area contributed by atoms with Gasteiger partial charge in [-0.05, 0) is 62.3 Å². The van der Waals surface area contributed by atoms with E-state index in [1.807, 2.05) is 30.5 Å². The minimum absolute atomic E-state index is 0.168. The zero-order valence-electron chi connectivity index (χ0n) is 22.5. The number of rotatable bonds is 18. The molecule has 1 heterocycles. The summed E-state index contributed by atoms with van der Waals surface area (Å²) in [6.07, 6.45) is 4.77. The lowest BCUT2D eigenvalue weighted by Crippen LogP contribution is -2.57. The van der Waals surface area contributed by atoms with Crippen molar-refractivity contribution in [2.75, 3.05) is 18.6 Å². The molecule has 4 atom stereocenters. The van der Waals surface area contributed by atoms with Crippen molar-refractivity contribution >= 4 is 52.3 Å². The summed E-state index contributed by atoms with van der Waals surface area (Å²) in [6, 6.07) is 3.04. The molecule has 0 saturated carbocycles. The Morgan fingerprint density at radius 1 is 0.950 bits per heavy atom. The number of aromatic nitrogens is 1. The number of primary amides is 1. The monoisotopic (exact) mass is 577 g/mol. The van der Waals surface area contributed by atoms with Gasteiger partial charge in [-0.3, -0.25) is 19.2 Å². The second-order valence-corrected chi connectivity index (χ2v) is 10.4. The van der Waals surface area contributed by atoms with Gasteiger partial charge in [-0.25, -0.2) is 4.79 Å². The van der Waals surface area contributed by atoms with E-state index in [2.05, 4.69) is 20.9 Å². The molecular formula is C26H39N7O6S. The molecule has 1 aromatic carbocycles. The zero-order valence-corrected chi connectivity index (χ0v) is 23.3. The molecule has 0 radical (unpaired) electrons. The molecule has 1 aromatic heterocycles. The first-order valence-electron chi connectivity index (χ1n) is 13.0. The summed E-state index contributed by atoms with van der Waals surface area (Å²) in [6.45, 7) is 0.364. The van der Waals surface area contributed by atoms with E-state index >= 15 is 0 Å². The van der Waals surface area contributed by atoms with Gasteiger partial charge < -0.3 is 43.2 Å². The Morgan fingerprint density at radius 2 is 1.57 bits per heavy atom. The number of amides is 4. The summed E-state index contributed by atoms with van der Waals surface area (Å²) in [7, 11) is 0. The molecule has 11 N–H and O–H groups in total. The molecule has 13 nitrogen and oxygen atoms in total. The van der Waals surface area contributed by atoms with Gasteiger partial charge in [-0.15, -0.1) is 0 Å². The zero-order chi connectivity index (χ0) is 29.7. The predicted molar refractivity (Wildman–Crippen MR) is 153 cm³/mol. The Kier molecular flexibility index (Phi) is 13.4. The summed E-state index contributed by atoms with van der Waals surface area (Å²) in [5, 5.41) is 17.9. The Labute approximate surface area is 236 Å². The number of carboxylic acids is 1. The Bertz CT molecular complexity index is 1170. The van der Waals surface area contributed by atoms with Crippen LogP contribution in [0.4, 0.5) is 0 Å². The van der Waals surface area contributed by atoms with Gasteiger partial charge >= 0.3 is 5.97 Å². The number of nitrogens with one attached hydrogen (secondary N) is 4. The maximum Gasteiger partial charge on any atom is 0.326 e. The van der Waals surface area contributed by atoms with Crippen LogP contribution in [-0.2, 0) is 30.4 Å². The number of para-hydroxylation sites is 1. The minimum atomic E-state index is -1.55. The van der Waals surface area contributed by atoms with Crippen LogP contribution >= 0.6 is 11.8 Å². The van der Waals surface area contributed by atoms with Crippen molar-refractivity contribution in [2.24, 2.45) is 17.2 Å². The Hall–Kier alpha value is -3.62. The first kappa shape index (κ1) is 32.6. The quantitative estimate of drug-likeness (QED) is 0.105. The van der Waals surface area contributed by atoms with Gasteiger partial charge in [0.05, 0.1) is 12.5 Å². The number of unbranched alkanes of at least 4 members (excludes halogenated alkanes) is 1. The van der Waals surface area contributed by atoms with Crippen LogP contribution in [0.5, 0.6) is 0 Å². The van der Waals surface area contributed by atoms with E-state index in [0.717, 1.165) is 16.5 Å². The number of hydrogen-bond acceptors (Lipinski definition) is 8. The van der Waals surface area contributed by atoms with Crippen LogP contribution in [0.1, 0.15) is 37.7 Å². The molecule has 0 aliphatic carbocycles. The van der Waals surface area contributed by atoms with Crippen molar-refractivity contribution in [1.82, 2.24) is 20.9 Å². The summed E-state index contributed by atoms with van der Waals surface area (Å²) in [5.41, 5.74) is 18.6. The molecule has 2 aromatic rings. The summed E-state index contributed by atoms with van der Waals surface area (Å²) in [5.74, 6) is -3.72. The van der Waals surface area contributed by atoms with Crippen molar-refractivity contribution < 1.29 is 29.1 Å². The fraction of sp³-hybridized carbons (Fsp3) is 0.500. The SMILES string of the molecule is CSCCC(NC(=O)C(N)Cc1c[nH]c2ccccc12)C(=O)NC(CCCCN)C(=O)NC(CC(N)=O)C(=O)O. The predicted octanol–water partition coefficient (Wildman–Crippen LogP) is -0.666. The molecule has 0 bridgehead atoms. The van der Waals surface area contributed by atoms with E-state index in [-0.39, 0.29) is 19.3 Å². The Morgan fingerprint density at radius 3 is 2.20 bits per heavy atom. The van der Waals surface area contributed by atoms with Crippen molar-refractivity contribution in [3.8, 4) is 0 Å². The number of hydrogen-bond donors (Lipinski definition) is 8. The molecule has 0 fully saturated rings. The number of benzene rings is 1. The van der Waals surface area contributed by atoms with Crippen LogP contribution in [0, 0.1) is 0 Å². The molecule has 2 rings (SSSR count). The highest BCUT2D eigenvalue weighted by molar-refractivity contribution is 7.98. The lowest BCUT2D eigenvalue weighted by atomic mass is 10.0. The van der Waals surface area contributed by atoms with Crippen LogP contribution in [-0.4, -0.2) is 82.4 Å². The molecule has 14 heteroatoms. The second-order valence-electron chi connectivity index (χ2n) is 9.43. The van der Waals surface area contributed by atoms with Crippen LogP contribution in [0.2, 0.25) is 0 Å². The Balaban J connectivity index is 2.12. The molecule has 4 unspecified atom stereocenters. The highest BCUT2D eigenvalue weighted by Crippen LogP contribution is 2.19. The third-order valence-corrected chi connectivity index (χ3v) is 6.94. The number of fused-ring (bicyclic) bond motifs is 1. The number of aromatic amines is 1. The lowest BCUT2D eigenvalue weighted by Gasteiger charge is -2.25. The maximum atomic E-state index is 13.3. The van der Waals surface area contributed by atoms with Gasteiger partial charge in [0.2, 0.25) is 23.6 Å². The highest BCUT2D eigenvalue weighted by Gasteiger charge is 2.30. The van der Waals surface area contributed by atoms with Gasteiger partial charge in [0.15, 0.2) is 0 Å². The fourth-order valence-corrected chi connectivity index (χ4v) is 4.59. The second kappa shape index (κ2) is 16.5. The van der Waals surface area contributed by atoms with Crippen LogP contribution in [0.15, 0.2) is 30.5 Å². The van der Waals surface area contributed by atoms with E-state index in [4.69, 9.17) is 17.2 Å². The maximum absolute atomic E-state index is 13.3. The van der Waals surface area contributed by atoms with E-state index in [9.17, 15) is 29.1 Å². The summed E-state index contributed by atoms with van der Waals surface area (Å²) < 4.78 is 0. The molecular weight excluding hydrogens is 538 g/mol. The van der Waals surface area contributed by atoms with Crippen molar-refractivity contribution in [3.05, 3.63) is 36.0 Å². The topological polar surface area (TPSA) is 236 Å². The number of carbonyl (C=O) groups is 5. The molecule has 0 aliphatic heterocycles. The van der Waals surface area contributed by atoms with Gasteiger partial charge in [0.1, 0.15) is 18.1 Å². The van der Waals surface area contributed by atoms with Gasteiger partial charge in [-0.1, -0.05) is 18.2 Å². The molecule has 0 aliphatic rings. The molecule has 0 saturated heterocycles. The third kappa shape index (κ3) is 10.2. The average molecular weight is 578 g/mol. The normalized spacial score (nSPS) is 14.1. The fourth-order valence-electron chi connectivity index (χ4n) is 4.12. The lowest BCUT2D eigenvalue weighted by molar-refractivity contribution is -0.143. The van der Waals surface area contributed by atoms with E-state index in [1.54, 1.807) is 6.20 Å². The number of carbonyl (C=O) groups excluding carboxylic acids is 4. The average Bonchev–Trinajstić information content (AvgIpc) is 3.32. The number of nitrogens with two attached hydrogens (primary N) is 3. The summed E-state index contributed by atoms with van der Waals surface area (Å²) >= 11 is 1.48. The number of carboxylic acid groups (broad SMARTS) is 1. The summed E-state index contributed by atoms with van der Waals surface area (Å²) in [4.78, 5) is 65.1. The highest BCUT2D eigenvalue weighted by atomic mass is 32.2. The van der Waals surface area contributed by atoms with Crippen LogP contribution in [0.25, 0.3) is 10.9 Å². The molecule has 4 amide bonds. The standard InChI is InChI=1S/C26H39N7O6S/c1-40-11-9-20(31-23(35)17(28)12-15-14-30-18-7-3-2-6-16(15)18)25(37)32-19(8-4-5-10-27)24(36)33-21(26(38)39)13-22(29)34/h2-3,6-7,14,17,19-21,30H,4-5,8-13,27-28H2,1H3,(H2,29,34)(H,31,35)(H,32,37)(H,33,36)(H,38,39). The van der Waals surface area contributed by atoms with E-state index in [0.29, 0.717) is 25.1 Å². The molecule has 40 heavy (non-hydrogen) atoms. The number of H-pyrrole nitrogens is 1. The van der Waals surface area contributed by atoms with Crippen molar-refractivity contribution in [1.29, 1.82) is 0 Å². The van der Waals surface area contributed by atoms with Crippen molar-refractivity contribution in [3.63, 3.8) is 0 Å². The van der Waals surface area contributed by atoms with Crippen LogP contribution < -0.4 is 33.2 Å². The third-order valence-electron chi connectivity index (χ3n) is 6.29. The molecule has 220 valence electrons. The van der Waals surface area contributed by atoms with Gasteiger partial charge in [0.25, 0.3) is 0 Å².